The number of aryl methyl sites for hydroxylation is 3. The Morgan fingerprint density at radius 3 is 2.00 bits per heavy atom. The minimum atomic E-state index is 1.12. The van der Waals surface area contributed by atoms with Crippen LogP contribution < -0.4 is 0 Å². The Morgan fingerprint density at radius 1 is 1.00 bits per heavy atom. The Labute approximate surface area is 94.0 Å². The summed E-state index contributed by atoms with van der Waals surface area (Å²) in [7, 11) is 0. The molecule has 0 unspecified atom stereocenters. The summed E-state index contributed by atoms with van der Waals surface area (Å²) in [4.78, 5) is 0. The highest BCUT2D eigenvalue weighted by Crippen LogP contribution is 2.14. The molecule has 82 valence electrons. The highest BCUT2D eigenvalue weighted by atomic mass is 14.0. The van der Waals surface area contributed by atoms with Crippen LogP contribution >= 0.6 is 0 Å². The van der Waals surface area contributed by atoms with E-state index in [2.05, 4.69) is 38.6 Å². The molecule has 0 radical (unpaired) electrons. The number of hydrogen-bond donors (Lipinski definition) is 0. The monoisotopic (exact) mass is 202 g/mol. The molecule has 1 aromatic carbocycles. The van der Waals surface area contributed by atoms with Crippen molar-refractivity contribution in [3.05, 3.63) is 47.5 Å². The molecule has 0 aromatic heterocycles. The van der Waals surface area contributed by atoms with E-state index in [1.807, 2.05) is 6.08 Å². The molecule has 0 N–H and O–H groups in total. The van der Waals surface area contributed by atoms with Gasteiger partial charge in [-0.05, 0) is 48.8 Å². The third kappa shape index (κ3) is 3.91. The maximum Gasteiger partial charge on any atom is -0.0276 e. The maximum absolute atomic E-state index is 3.76. The van der Waals surface area contributed by atoms with E-state index in [4.69, 9.17) is 0 Å². The van der Waals surface area contributed by atoms with Gasteiger partial charge in [0.05, 0.1) is 0 Å². The van der Waals surface area contributed by atoms with Crippen LogP contribution in [0.4, 0.5) is 0 Å². The van der Waals surface area contributed by atoms with Crippen LogP contribution in [0.15, 0.2) is 30.9 Å². The standard InChI is InChI=1S/C15H22/c1-4-7-8-9-15-11-13(5-2)10-14(6-3)12-15/h4,10-12H,1,5-9H2,2-3H3. The fourth-order valence-corrected chi connectivity index (χ4v) is 1.84. The molecular weight excluding hydrogens is 180 g/mol. The summed E-state index contributed by atoms with van der Waals surface area (Å²) >= 11 is 0. The van der Waals surface area contributed by atoms with E-state index < -0.39 is 0 Å². The predicted molar refractivity (Wildman–Crippen MR) is 68.3 cm³/mol. The molecule has 0 atom stereocenters. The molecule has 0 heterocycles. The van der Waals surface area contributed by atoms with Crippen molar-refractivity contribution < 1.29 is 0 Å². The first kappa shape index (κ1) is 12.0. The third-order valence-corrected chi connectivity index (χ3v) is 2.80. The number of benzene rings is 1. The van der Waals surface area contributed by atoms with E-state index >= 15 is 0 Å². The first-order chi connectivity index (χ1) is 7.30. The molecular formula is C15H22. The van der Waals surface area contributed by atoms with Crippen LogP contribution in [0.5, 0.6) is 0 Å². The normalized spacial score (nSPS) is 10.3. The van der Waals surface area contributed by atoms with Crippen molar-refractivity contribution in [1.29, 1.82) is 0 Å². The highest BCUT2D eigenvalue weighted by molar-refractivity contribution is 5.30. The summed E-state index contributed by atoms with van der Waals surface area (Å²) in [5.41, 5.74) is 4.44. The van der Waals surface area contributed by atoms with Gasteiger partial charge in [-0.25, -0.2) is 0 Å². The lowest BCUT2D eigenvalue weighted by atomic mass is 9.99. The number of allylic oxidation sites excluding steroid dienone is 1. The summed E-state index contributed by atoms with van der Waals surface area (Å²) in [6, 6.07) is 7.03. The Morgan fingerprint density at radius 2 is 1.53 bits per heavy atom. The Balaban J connectivity index is 2.72. The average molecular weight is 202 g/mol. The zero-order valence-corrected chi connectivity index (χ0v) is 10.1. The van der Waals surface area contributed by atoms with Crippen molar-refractivity contribution in [2.24, 2.45) is 0 Å². The molecule has 0 aliphatic heterocycles. The largest absolute Gasteiger partial charge is 0.103 e. The topological polar surface area (TPSA) is 0 Å². The van der Waals surface area contributed by atoms with Crippen LogP contribution in [0.3, 0.4) is 0 Å². The van der Waals surface area contributed by atoms with E-state index in [1.54, 1.807) is 0 Å². The van der Waals surface area contributed by atoms with Crippen LogP contribution in [0, 0.1) is 0 Å². The molecule has 0 aliphatic rings. The molecule has 1 rings (SSSR count). The average Bonchev–Trinajstić information content (AvgIpc) is 2.29. The van der Waals surface area contributed by atoms with Crippen LogP contribution in [0.1, 0.15) is 43.4 Å². The maximum atomic E-state index is 3.76. The van der Waals surface area contributed by atoms with Gasteiger partial charge in [-0.15, -0.1) is 6.58 Å². The number of unbranched alkanes of at least 4 members (excludes halogenated alkanes) is 1. The first-order valence-electron chi connectivity index (χ1n) is 6.02. The van der Waals surface area contributed by atoms with Gasteiger partial charge in [0.2, 0.25) is 0 Å². The molecule has 0 aliphatic carbocycles. The van der Waals surface area contributed by atoms with Crippen molar-refractivity contribution in [2.45, 2.75) is 46.0 Å². The van der Waals surface area contributed by atoms with Crippen molar-refractivity contribution in [3.8, 4) is 0 Å². The quantitative estimate of drug-likeness (QED) is 0.476. The van der Waals surface area contributed by atoms with Gasteiger partial charge < -0.3 is 0 Å². The lowest BCUT2D eigenvalue weighted by molar-refractivity contribution is 0.839. The Bertz CT molecular complexity index is 288. The van der Waals surface area contributed by atoms with E-state index in [1.165, 1.54) is 29.5 Å². The second kappa shape index (κ2) is 6.44. The van der Waals surface area contributed by atoms with Crippen molar-refractivity contribution in [1.82, 2.24) is 0 Å². The fraction of sp³-hybridized carbons (Fsp3) is 0.467. The molecule has 0 heteroatoms. The molecule has 0 bridgehead atoms. The molecule has 0 fully saturated rings. The van der Waals surface area contributed by atoms with Crippen LogP contribution in [0.25, 0.3) is 0 Å². The molecule has 1 aromatic rings. The third-order valence-electron chi connectivity index (χ3n) is 2.80. The summed E-state index contributed by atoms with van der Waals surface area (Å²) in [5, 5.41) is 0. The molecule has 0 nitrogen and oxygen atoms in total. The van der Waals surface area contributed by atoms with E-state index in [0.29, 0.717) is 0 Å². The second-order valence-corrected chi connectivity index (χ2v) is 4.05. The van der Waals surface area contributed by atoms with Crippen LogP contribution in [-0.2, 0) is 19.3 Å². The second-order valence-electron chi connectivity index (χ2n) is 4.05. The minimum absolute atomic E-state index is 1.12. The zero-order valence-electron chi connectivity index (χ0n) is 10.1. The fourth-order valence-electron chi connectivity index (χ4n) is 1.84. The molecule has 0 saturated carbocycles. The van der Waals surface area contributed by atoms with E-state index in [-0.39, 0.29) is 0 Å². The van der Waals surface area contributed by atoms with Gasteiger partial charge in [-0.2, -0.15) is 0 Å². The zero-order chi connectivity index (χ0) is 11.1. The van der Waals surface area contributed by atoms with E-state index in [0.717, 1.165) is 19.3 Å². The van der Waals surface area contributed by atoms with Gasteiger partial charge in [0.1, 0.15) is 0 Å². The van der Waals surface area contributed by atoms with Crippen LogP contribution in [-0.4, -0.2) is 0 Å². The van der Waals surface area contributed by atoms with E-state index in [9.17, 15) is 0 Å². The van der Waals surface area contributed by atoms with Gasteiger partial charge in [0.25, 0.3) is 0 Å². The SMILES string of the molecule is C=CCCCc1cc(CC)cc(CC)c1. The van der Waals surface area contributed by atoms with Gasteiger partial charge in [-0.1, -0.05) is 38.1 Å². The van der Waals surface area contributed by atoms with Gasteiger partial charge >= 0.3 is 0 Å². The number of hydrogen-bond acceptors (Lipinski definition) is 0. The summed E-state index contributed by atoms with van der Waals surface area (Å²) in [5.74, 6) is 0. The molecule has 0 spiro atoms. The lowest BCUT2D eigenvalue weighted by Crippen LogP contribution is -1.92. The van der Waals surface area contributed by atoms with Crippen molar-refractivity contribution >= 4 is 0 Å². The summed E-state index contributed by atoms with van der Waals surface area (Å²) < 4.78 is 0. The molecule has 0 amide bonds. The predicted octanol–water partition coefficient (Wildman–Crippen LogP) is 4.32. The van der Waals surface area contributed by atoms with Crippen molar-refractivity contribution in [2.75, 3.05) is 0 Å². The Kier molecular flexibility index (Phi) is 5.17. The highest BCUT2D eigenvalue weighted by Gasteiger charge is 1.98. The minimum Gasteiger partial charge on any atom is -0.103 e. The van der Waals surface area contributed by atoms with Gasteiger partial charge in [0.15, 0.2) is 0 Å². The number of rotatable bonds is 6. The summed E-state index contributed by atoms with van der Waals surface area (Å²) in [6.45, 7) is 8.21. The van der Waals surface area contributed by atoms with Gasteiger partial charge in [-0.3, -0.25) is 0 Å². The lowest BCUT2D eigenvalue weighted by Gasteiger charge is -2.07. The van der Waals surface area contributed by atoms with Gasteiger partial charge in [0, 0.05) is 0 Å². The Hall–Kier alpha value is -1.04. The smallest absolute Gasteiger partial charge is 0.0276 e. The first-order valence-corrected chi connectivity index (χ1v) is 6.02. The van der Waals surface area contributed by atoms with Crippen LogP contribution in [0.2, 0.25) is 0 Å². The van der Waals surface area contributed by atoms with Crippen molar-refractivity contribution in [3.63, 3.8) is 0 Å². The molecule has 0 saturated heterocycles. The molecule has 15 heavy (non-hydrogen) atoms. The summed E-state index contributed by atoms with van der Waals surface area (Å²) in [6.07, 6.45) is 7.82.